The summed E-state index contributed by atoms with van der Waals surface area (Å²) < 4.78 is 0. The molecule has 0 bridgehead atoms. The Kier molecular flexibility index (Phi) is 3.74. The molecule has 1 amide bonds. The molecular weight excluding hydrogens is 178 g/mol. The first-order chi connectivity index (χ1) is 6.77. The van der Waals surface area contributed by atoms with Crippen molar-refractivity contribution in [3.63, 3.8) is 0 Å². The van der Waals surface area contributed by atoms with Gasteiger partial charge < -0.3 is 10.3 Å². The summed E-state index contributed by atoms with van der Waals surface area (Å²) in [6.45, 7) is 2.30. The predicted octanol–water partition coefficient (Wildman–Crippen LogP) is 1.18. The van der Waals surface area contributed by atoms with E-state index in [9.17, 15) is 4.79 Å². The third-order valence-electron chi connectivity index (χ3n) is 2.01. The molecule has 0 radical (unpaired) electrons. The summed E-state index contributed by atoms with van der Waals surface area (Å²) in [6.07, 6.45) is 4.16. The van der Waals surface area contributed by atoms with Crippen LogP contribution in [0.4, 0.5) is 0 Å². The van der Waals surface area contributed by atoms with Crippen LogP contribution in [-0.2, 0) is 11.3 Å². The van der Waals surface area contributed by atoms with E-state index in [2.05, 4.69) is 10.3 Å². The average molecular weight is 191 g/mol. The zero-order valence-corrected chi connectivity index (χ0v) is 8.08. The highest BCUT2D eigenvalue weighted by atomic mass is 16.1. The van der Waals surface area contributed by atoms with E-state index in [0.717, 1.165) is 5.56 Å². The second kappa shape index (κ2) is 5.07. The average Bonchev–Trinajstić information content (AvgIpc) is 2.69. The molecule has 0 fully saturated rings. The predicted molar refractivity (Wildman–Crippen MR) is 52.0 cm³/mol. The zero-order valence-electron chi connectivity index (χ0n) is 8.08. The molecule has 4 heteroatoms. The highest BCUT2D eigenvalue weighted by molar-refractivity contribution is 5.80. The van der Waals surface area contributed by atoms with Gasteiger partial charge in [0, 0.05) is 18.9 Å². The van der Waals surface area contributed by atoms with E-state index >= 15 is 0 Å². The quantitative estimate of drug-likeness (QED) is 0.750. The lowest BCUT2D eigenvalue weighted by molar-refractivity contribution is -0.123. The number of nitriles is 1. The third kappa shape index (κ3) is 2.63. The van der Waals surface area contributed by atoms with E-state index in [-0.39, 0.29) is 5.91 Å². The highest BCUT2D eigenvalue weighted by Crippen LogP contribution is 2.01. The van der Waals surface area contributed by atoms with Gasteiger partial charge in [0.15, 0.2) is 0 Å². The van der Waals surface area contributed by atoms with E-state index in [1.54, 1.807) is 6.20 Å². The van der Waals surface area contributed by atoms with Crippen LogP contribution < -0.4 is 5.32 Å². The minimum absolute atomic E-state index is 0.198. The van der Waals surface area contributed by atoms with Crippen molar-refractivity contribution < 1.29 is 4.79 Å². The SMILES string of the molecule is CCC(C#N)C(=O)NCc1cc[nH]c1. The van der Waals surface area contributed by atoms with E-state index in [0.29, 0.717) is 13.0 Å². The normalized spacial score (nSPS) is 11.7. The van der Waals surface area contributed by atoms with Crippen molar-refractivity contribution >= 4 is 5.91 Å². The smallest absolute Gasteiger partial charge is 0.237 e. The van der Waals surface area contributed by atoms with Crippen LogP contribution in [0.15, 0.2) is 18.5 Å². The lowest BCUT2D eigenvalue weighted by Gasteiger charge is -2.06. The van der Waals surface area contributed by atoms with Gasteiger partial charge >= 0.3 is 0 Å². The summed E-state index contributed by atoms with van der Waals surface area (Å²) in [5, 5.41) is 11.3. The number of hydrogen-bond acceptors (Lipinski definition) is 2. The molecule has 14 heavy (non-hydrogen) atoms. The van der Waals surface area contributed by atoms with Gasteiger partial charge in [-0.15, -0.1) is 0 Å². The number of aromatic amines is 1. The molecule has 1 heterocycles. The number of nitrogens with one attached hydrogen (secondary N) is 2. The van der Waals surface area contributed by atoms with Crippen molar-refractivity contribution in [2.45, 2.75) is 19.9 Å². The Balaban J connectivity index is 2.39. The molecule has 0 aliphatic rings. The van der Waals surface area contributed by atoms with Crippen molar-refractivity contribution in [1.29, 1.82) is 5.26 Å². The van der Waals surface area contributed by atoms with E-state index < -0.39 is 5.92 Å². The molecule has 74 valence electrons. The van der Waals surface area contributed by atoms with Crippen LogP contribution in [0.25, 0.3) is 0 Å². The minimum atomic E-state index is -0.533. The van der Waals surface area contributed by atoms with Crippen molar-refractivity contribution in [2.75, 3.05) is 0 Å². The van der Waals surface area contributed by atoms with Crippen molar-refractivity contribution in [3.05, 3.63) is 24.0 Å². The van der Waals surface area contributed by atoms with Crippen molar-refractivity contribution in [3.8, 4) is 6.07 Å². The summed E-state index contributed by atoms with van der Waals surface area (Å²) in [5.41, 5.74) is 1.01. The Morgan fingerprint density at radius 3 is 3.07 bits per heavy atom. The van der Waals surface area contributed by atoms with Crippen molar-refractivity contribution in [2.24, 2.45) is 5.92 Å². The van der Waals surface area contributed by atoms with Crippen molar-refractivity contribution in [1.82, 2.24) is 10.3 Å². The van der Waals surface area contributed by atoms with Gasteiger partial charge in [-0.3, -0.25) is 4.79 Å². The maximum atomic E-state index is 11.4. The first kappa shape index (κ1) is 10.3. The summed E-state index contributed by atoms with van der Waals surface area (Å²) in [7, 11) is 0. The molecule has 1 atom stereocenters. The van der Waals surface area contributed by atoms with Gasteiger partial charge in [0.25, 0.3) is 0 Å². The fourth-order valence-corrected chi connectivity index (χ4v) is 1.12. The highest BCUT2D eigenvalue weighted by Gasteiger charge is 2.14. The summed E-state index contributed by atoms with van der Waals surface area (Å²) >= 11 is 0. The van der Waals surface area contributed by atoms with E-state index in [1.165, 1.54) is 0 Å². The molecule has 0 aromatic carbocycles. The largest absolute Gasteiger partial charge is 0.367 e. The summed E-state index contributed by atoms with van der Waals surface area (Å²) in [5.74, 6) is -0.731. The molecule has 1 aromatic heterocycles. The molecule has 1 unspecified atom stereocenters. The van der Waals surface area contributed by atoms with E-state index in [4.69, 9.17) is 5.26 Å². The number of rotatable bonds is 4. The van der Waals surface area contributed by atoms with Crippen LogP contribution in [0.5, 0.6) is 0 Å². The van der Waals surface area contributed by atoms with E-state index in [1.807, 2.05) is 25.3 Å². The van der Waals surface area contributed by atoms with Gasteiger partial charge in [0.2, 0.25) is 5.91 Å². The molecule has 1 rings (SSSR count). The second-order valence-electron chi connectivity index (χ2n) is 3.03. The molecule has 0 aliphatic heterocycles. The standard InChI is InChI=1S/C10H13N3O/c1-2-9(5-11)10(14)13-7-8-3-4-12-6-8/h3-4,6,9,12H,2,7H2,1H3,(H,13,14). The molecular formula is C10H13N3O. The number of aromatic nitrogens is 1. The topological polar surface area (TPSA) is 68.7 Å². The Bertz CT molecular complexity index is 324. The molecule has 1 aromatic rings. The van der Waals surface area contributed by atoms with Gasteiger partial charge in [-0.1, -0.05) is 6.92 Å². The maximum Gasteiger partial charge on any atom is 0.237 e. The lowest BCUT2D eigenvalue weighted by Crippen LogP contribution is -2.28. The monoisotopic (exact) mass is 191 g/mol. The van der Waals surface area contributed by atoms with Crippen LogP contribution in [0, 0.1) is 17.2 Å². The van der Waals surface area contributed by atoms with Crippen LogP contribution >= 0.6 is 0 Å². The summed E-state index contributed by atoms with van der Waals surface area (Å²) in [6, 6.07) is 3.84. The Morgan fingerprint density at radius 2 is 2.57 bits per heavy atom. The number of H-pyrrole nitrogens is 1. The van der Waals surface area contributed by atoms with Gasteiger partial charge in [-0.2, -0.15) is 5.26 Å². The maximum absolute atomic E-state index is 11.4. The zero-order chi connectivity index (χ0) is 10.4. The number of hydrogen-bond donors (Lipinski definition) is 2. The molecule has 0 spiro atoms. The minimum Gasteiger partial charge on any atom is -0.367 e. The van der Waals surface area contributed by atoms with Gasteiger partial charge in [-0.25, -0.2) is 0 Å². The molecule has 0 aliphatic carbocycles. The number of nitrogens with zero attached hydrogens (tertiary/aromatic N) is 1. The number of carbonyl (C=O) groups excluding carboxylic acids is 1. The molecule has 2 N–H and O–H groups in total. The van der Waals surface area contributed by atoms with Crippen LogP contribution in [0.1, 0.15) is 18.9 Å². The Hall–Kier alpha value is -1.76. The fourth-order valence-electron chi connectivity index (χ4n) is 1.12. The Labute approximate surface area is 82.9 Å². The van der Waals surface area contributed by atoms with Crippen LogP contribution in [-0.4, -0.2) is 10.9 Å². The lowest BCUT2D eigenvalue weighted by atomic mass is 10.1. The van der Waals surface area contributed by atoms with Crippen LogP contribution in [0.2, 0.25) is 0 Å². The van der Waals surface area contributed by atoms with Gasteiger partial charge in [-0.05, 0) is 18.1 Å². The second-order valence-corrected chi connectivity index (χ2v) is 3.03. The van der Waals surface area contributed by atoms with Crippen LogP contribution in [0.3, 0.4) is 0 Å². The first-order valence-electron chi connectivity index (χ1n) is 4.57. The summed E-state index contributed by atoms with van der Waals surface area (Å²) in [4.78, 5) is 14.3. The molecule has 4 nitrogen and oxygen atoms in total. The van der Waals surface area contributed by atoms with Gasteiger partial charge in [0.1, 0.15) is 5.92 Å². The molecule has 0 saturated heterocycles. The third-order valence-corrected chi connectivity index (χ3v) is 2.01. The molecule has 0 saturated carbocycles. The fraction of sp³-hybridized carbons (Fsp3) is 0.400. The van der Waals surface area contributed by atoms with Gasteiger partial charge in [0.05, 0.1) is 6.07 Å². The number of carbonyl (C=O) groups is 1. The first-order valence-corrected chi connectivity index (χ1v) is 4.57. The Morgan fingerprint density at radius 1 is 1.79 bits per heavy atom. The number of amides is 1.